The van der Waals surface area contributed by atoms with E-state index in [9.17, 15) is 4.79 Å². The van der Waals surface area contributed by atoms with Gasteiger partial charge in [-0.25, -0.2) is 0 Å². The Bertz CT molecular complexity index is 292. The largest absolute Gasteiger partial charge is 0.351 e. The summed E-state index contributed by atoms with van der Waals surface area (Å²) in [6.07, 6.45) is 4.38. The lowest BCUT2D eigenvalue weighted by molar-refractivity contribution is -0.134. The lowest BCUT2D eigenvalue weighted by atomic mass is 9.63. The van der Waals surface area contributed by atoms with Gasteiger partial charge in [-0.2, -0.15) is 17.0 Å². The zero-order valence-electron chi connectivity index (χ0n) is 10.2. The third-order valence-electron chi connectivity index (χ3n) is 3.24. The predicted octanol–water partition coefficient (Wildman–Crippen LogP) is 2.18. The van der Waals surface area contributed by atoms with Crippen molar-refractivity contribution in [3.63, 3.8) is 0 Å². The molecule has 0 aromatic heterocycles. The summed E-state index contributed by atoms with van der Waals surface area (Å²) in [5.74, 6) is 1.36. The molecule has 1 aliphatic rings. The van der Waals surface area contributed by atoms with Crippen molar-refractivity contribution in [1.82, 2.24) is 5.32 Å². The highest BCUT2D eigenvalue weighted by molar-refractivity contribution is 7.98. The second kappa shape index (κ2) is 5.58. The van der Waals surface area contributed by atoms with E-state index in [4.69, 9.17) is 5.26 Å². The molecule has 4 heteroatoms. The third-order valence-corrected chi connectivity index (χ3v) is 3.97. The van der Waals surface area contributed by atoms with Gasteiger partial charge in [0.1, 0.15) is 5.41 Å². The summed E-state index contributed by atoms with van der Waals surface area (Å²) >= 11 is 1.72. The molecule has 1 amide bonds. The van der Waals surface area contributed by atoms with Gasteiger partial charge in [-0.15, -0.1) is 0 Å². The lowest BCUT2D eigenvalue weighted by Gasteiger charge is -2.40. The van der Waals surface area contributed by atoms with Crippen molar-refractivity contribution in [2.45, 2.75) is 39.2 Å². The topological polar surface area (TPSA) is 52.9 Å². The van der Waals surface area contributed by atoms with Crippen LogP contribution in [0.5, 0.6) is 0 Å². The van der Waals surface area contributed by atoms with Gasteiger partial charge in [-0.1, -0.05) is 13.8 Å². The van der Waals surface area contributed by atoms with Crippen molar-refractivity contribution in [1.29, 1.82) is 5.26 Å². The van der Waals surface area contributed by atoms with Crippen LogP contribution in [0, 0.1) is 22.7 Å². The van der Waals surface area contributed by atoms with Crippen LogP contribution in [0.2, 0.25) is 0 Å². The first-order chi connectivity index (χ1) is 7.57. The molecule has 0 bridgehead atoms. The zero-order chi connectivity index (χ0) is 12.2. The predicted molar refractivity (Wildman–Crippen MR) is 67.0 cm³/mol. The van der Waals surface area contributed by atoms with Crippen LogP contribution >= 0.6 is 11.8 Å². The van der Waals surface area contributed by atoms with Crippen molar-refractivity contribution >= 4 is 17.7 Å². The summed E-state index contributed by atoms with van der Waals surface area (Å²) in [5.41, 5.74) is -0.731. The maximum atomic E-state index is 12.0. The Kier molecular flexibility index (Phi) is 4.67. The van der Waals surface area contributed by atoms with E-state index in [0.29, 0.717) is 18.8 Å². The number of amides is 1. The molecule has 1 atom stereocenters. The van der Waals surface area contributed by atoms with Crippen LogP contribution in [-0.4, -0.2) is 24.0 Å². The summed E-state index contributed by atoms with van der Waals surface area (Å²) in [4.78, 5) is 12.0. The van der Waals surface area contributed by atoms with Crippen LogP contribution in [0.15, 0.2) is 0 Å². The van der Waals surface area contributed by atoms with Crippen LogP contribution in [-0.2, 0) is 4.79 Å². The maximum absolute atomic E-state index is 12.0. The Morgan fingerprint density at radius 1 is 1.69 bits per heavy atom. The van der Waals surface area contributed by atoms with Crippen LogP contribution in [0.1, 0.15) is 33.1 Å². The number of thioether (sulfide) groups is 1. The van der Waals surface area contributed by atoms with E-state index in [1.807, 2.05) is 6.26 Å². The number of hydrogen-bond acceptors (Lipinski definition) is 3. The highest BCUT2D eigenvalue weighted by Crippen LogP contribution is 2.45. The molecule has 0 radical (unpaired) electrons. The van der Waals surface area contributed by atoms with Crippen molar-refractivity contribution in [2.75, 3.05) is 12.0 Å². The first kappa shape index (κ1) is 13.4. The molecular formula is C12H20N2OS. The molecule has 0 saturated heterocycles. The quantitative estimate of drug-likeness (QED) is 0.801. The van der Waals surface area contributed by atoms with E-state index >= 15 is 0 Å². The summed E-state index contributed by atoms with van der Waals surface area (Å²) in [5, 5.41) is 12.1. The number of nitriles is 1. The van der Waals surface area contributed by atoms with E-state index in [1.54, 1.807) is 11.8 Å². The third kappa shape index (κ3) is 2.70. The minimum atomic E-state index is -0.731. The smallest absolute Gasteiger partial charge is 0.240 e. The molecule has 1 unspecified atom stereocenters. The average Bonchev–Trinajstić information content (AvgIpc) is 2.23. The average molecular weight is 240 g/mol. The molecule has 1 fully saturated rings. The minimum Gasteiger partial charge on any atom is -0.351 e. The van der Waals surface area contributed by atoms with Gasteiger partial charge >= 0.3 is 0 Å². The Labute approximate surface area is 102 Å². The van der Waals surface area contributed by atoms with Gasteiger partial charge in [0.2, 0.25) is 5.91 Å². The van der Waals surface area contributed by atoms with E-state index in [-0.39, 0.29) is 11.9 Å². The van der Waals surface area contributed by atoms with Crippen molar-refractivity contribution < 1.29 is 4.79 Å². The zero-order valence-corrected chi connectivity index (χ0v) is 11.1. The highest BCUT2D eigenvalue weighted by atomic mass is 32.2. The number of carbonyl (C=O) groups excluding carboxylic acids is 1. The molecule has 0 aromatic rings. The standard InChI is InChI=1S/C12H20N2OS/c1-4-10(7-16-3)14-11(15)12(8-13)5-9(2)6-12/h9-10H,4-7H2,1-3H3,(H,14,15). The molecule has 1 saturated carbocycles. The molecule has 16 heavy (non-hydrogen) atoms. The fourth-order valence-corrected chi connectivity index (χ4v) is 2.97. The fourth-order valence-electron chi connectivity index (χ4n) is 2.24. The van der Waals surface area contributed by atoms with Gasteiger partial charge < -0.3 is 5.32 Å². The van der Waals surface area contributed by atoms with Gasteiger partial charge in [0, 0.05) is 11.8 Å². The molecule has 0 heterocycles. The Hall–Kier alpha value is -0.690. The normalized spacial score (nSPS) is 30.0. The van der Waals surface area contributed by atoms with Crippen LogP contribution in [0.25, 0.3) is 0 Å². The summed E-state index contributed by atoms with van der Waals surface area (Å²) in [7, 11) is 0. The maximum Gasteiger partial charge on any atom is 0.240 e. The van der Waals surface area contributed by atoms with Crippen LogP contribution in [0.3, 0.4) is 0 Å². The van der Waals surface area contributed by atoms with Crippen molar-refractivity contribution in [3.05, 3.63) is 0 Å². The van der Waals surface area contributed by atoms with E-state index in [1.165, 1.54) is 0 Å². The van der Waals surface area contributed by atoms with Crippen molar-refractivity contribution in [2.24, 2.45) is 11.3 Å². The molecule has 3 nitrogen and oxygen atoms in total. The second-order valence-corrected chi connectivity index (χ2v) is 5.65. The first-order valence-corrected chi connectivity index (χ1v) is 7.18. The first-order valence-electron chi connectivity index (χ1n) is 5.79. The summed E-state index contributed by atoms with van der Waals surface area (Å²) in [6.45, 7) is 4.14. The molecule has 0 aromatic carbocycles. The molecule has 1 rings (SSSR count). The van der Waals surface area contributed by atoms with E-state index < -0.39 is 5.41 Å². The Balaban J connectivity index is 2.54. The molecule has 1 N–H and O–H groups in total. The molecule has 1 aliphatic carbocycles. The highest BCUT2D eigenvalue weighted by Gasteiger charge is 2.49. The van der Waals surface area contributed by atoms with E-state index in [2.05, 4.69) is 25.2 Å². The molecule has 90 valence electrons. The summed E-state index contributed by atoms with van der Waals surface area (Å²) in [6, 6.07) is 2.40. The van der Waals surface area contributed by atoms with E-state index in [0.717, 1.165) is 12.2 Å². The second-order valence-electron chi connectivity index (χ2n) is 4.74. The van der Waals surface area contributed by atoms with Gasteiger partial charge in [-0.05, 0) is 31.4 Å². The van der Waals surface area contributed by atoms with Gasteiger partial charge in [0.25, 0.3) is 0 Å². The Morgan fingerprint density at radius 3 is 2.69 bits per heavy atom. The number of rotatable bonds is 5. The monoisotopic (exact) mass is 240 g/mol. The summed E-state index contributed by atoms with van der Waals surface area (Å²) < 4.78 is 0. The van der Waals surface area contributed by atoms with Crippen molar-refractivity contribution in [3.8, 4) is 6.07 Å². The van der Waals surface area contributed by atoms with Gasteiger partial charge in [0.05, 0.1) is 6.07 Å². The molecule has 0 spiro atoms. The SMILES string of the molecule is CCC(CSC)NC(=O)C1(C#N)CC(C)C1. The van der Waals surface area contributed by atoms with Gasteiger partial charge in [-0.3, -0.25) is 4.79 Å². The fraction of sp³-hybridized carbons (Fsp3) is 0.833. The number of nitrogens with zero attached hydrogens (tertiary/aromatic N) is 1. The molecular weight excluding hydrogens is 220 g/mol. The number of nitrogens with one attached hydrogen (secondary N) is 1. The Morgan fingerprint density at radius 2 is 2.31 bits per heavy atom. The van der Waals surface area contributed by atoms with Gasteiger partial charge in [0.15, 0.2) is 0 Å². The lowest BCUT2D eigenvalue weighted by Crippen LogP contribution is -2.51. The van der Waals surface area contributed by atoms with Crippen LogP contribution in [0.4, 0.5) is 0 Å². The van der Waals surface area contributed by atoms with Crippen LogP contribution < -0.4 is 5.32 Å². The molecule has 0 aliphatic heterocycles. The number of carbonyl (C=O) groups is 1. The number of hydrogen-bond donors (Lipinski definition) is 1. The minimum absolute atomic E-state index is 0.0611.